The number of carbonyl (C=O) groups excluding carboxylic acids is 3. The van der Waals surface area contributed by atoms with Gasteiger partial charge in [0.25, 0.3) is 17.7 Å². The lowest BCUT2D eigenvalue weighted by Crippen LogP contribution is -2.50. The lowest BCUT2D eigenvalue weighted by molar-refractivity contribution is -0.156. The van der Waals surface area contributed by atoms with Gasteiger partial charge in [-0.3, -0.25) is 14.4 Å². The third-order valence-electron chi connectivity index (χ3n) is 6.26. The average molecular weight is 441 g/mol. The Balaban J connectivity index is 1.51. The minimum Gasteiger partial charge on any atom is -0.272 e. The first-order valence-corrected chi connectivity index (χ1v) is 10.6. The minimum atomic E-state index is -0.427. The van der Waals surface area contributed by atoms with E-state index in [4.69, 9.17) is 23.2 Å². The molecule has 4 atom stereocenters. The normalized spacial score (nSPS) is 26.4. The lowest BCUT2D eigenvalue weighted by Gasteiger charge is -2.31. The molecule has 5 rings (SSSR count). The van der Waals surface area contributed by atoms with Crippen LogP contribution >= 0.6 is 23.2 Å². The number of halogens is 2. The van der Waals surface area contributed by atoms with Gasteiger partial charge in [0.2, 0.25) is 0 Å². The number of rotatable bonds is 4. The molecule has 0 N–H and O–H groups in total. The van der Waals surface area contributed by atoms with Gasteiger partial charge in [0.05, 0.1) is 18.4 Å². The van der Waals surface area contributed by atoms with Gasteiger partial charge < -0.3 is 0 Å². The summed E-state index contributed by atoms with van der Waals surface area (Å²) in [5.41, 5.74) is 1.12. The quantitative estimate of drug-likeness (QED) is 0.524. The monoisotopic (exact) mass is 440 g/mol. The number of benzene rings is 2. The van der Waals surface area contributed by atoms with Gasteiger partial charge in [-0.15, -0.1) is 0 Å². The molecule has 5 nitrogen and oxygen atoms in total. The van der Waals surface area contributed by atoms with E-state index in [9.17, 15) is 14.4 Å². The second-order valence-electron chi connectivity index (χ2n) is 7.98. The number of hydrazine groups is 1. The highest BCUT2D eigenvalue weighted by Gasteiger charge is 2.61. The molecule has 3 amide bonds. The number of hydrogen-bond donors (Lipinski definition) is 0. The van der Waals surface area contributed by atoms with Crippen molar-refractivity contribution >= 4 is 40.9 Å². The summed E-state index contributed by atoms with van der Waals surface area (Å²) in [5, 5.41) is 3.41. The first kappa shape index (κ1) is 19.3. The maximum absolute atomic E-state index is 13.4. The minimum absolute atomic E-state index is 0.0736. The molecule has 2 aromatic rings. The molecule has 2 aliphatic carbocycles. The van der Waals surface area contributed by atoms with Crippen molar-refractivity contribution < 1.29 is 14.4 Å². The first-order valence-electron chi connectivity index (χ1n) is 9.82. The van der Waals surface area contributed by atoms with Gasteiger partial charge in [0.15, 0.2) is 0 Å². The summed E-state index contributed by atoms with van der Waals surface area (Å²) in [4.78, 5) is 40.0. The van der Waals surface area contributed by atoms with Crippen LogP contribution in [0.1, 0.15) is 22.3 Å². The summed E-state index contributed by atoms with van der Waals surface area (Å²) in [7, 11) is 0. The van der Waals surface area contributed by atoms with Crippen molar-refractivity contribution in [1.82, 2.24) is 10.0 Å². The van der Waals surface area contributed by atoms with E-state index >= 15 is 0 Å². The van der Waals surface area contributed by atoms with E-state index in [1.807, 2.05) is 12.2 Å². The van der Waals surface area contributed by atoms with Gasteiger partial charge in [-0.1, -0.05) is 47.5 Å². The van der Waals surface area contributed by atoms with E-state index in [0.717, 1.165) is 17.0 Å². The van der Waals surface area contributed by atoms with Crippen molar-refractivity contribution in [3.05, 3.63) is 81.9 Å². The molecule has 1 saturated carbocycles. The van der Waals surface area contributed by atoms with Crippen LogP contribution in [0.5, 0.6) is 0 Å². The summed E-state index contributed by atoms with van der Waals surface area (Å²) < 4.78 is 0. The number of fused-ring (bicyclic) bond motifs is 5. The summed E-state index contributed by atoms with van der Waals surface area (Å²) in [6.45, 7) is 0.0817. The molecule has 3 aliphatic rings. The Labute approximate surface area is 183 Å². The van der Waals surface area contributed by atoms with Gasteiger partial charge in [0, 0.05) is 15.6 Å². The number of allylic oxidation sites excluding steroid dienone is 2. The van der Waals surface area contributed by atoms with Crippen molar-refractivity contribution in [3.63, 3.8) is 0 Å². The first-order chi connectivity index (χ1) is 14.4. The van der Waals surface area contributed by atoms with Crippen LogP contribution in [0.4, 0.5) is 0 Å². The maximum atomic E-state index is 13.4. The molecule has 2 bridgehead atoms. The van der Waals surface area contributed by atoms with E-state index in [0.29, 0.717) is 15.6 Å². The van der Waals surface area contributed by atoms with Crippen molar-refractivity contribution in [2.75, 3.05) is 0 Å². The summed E-state index contributed by atoms with van der Waals surface area (Å²) in [6, 6.07) is 13.4. The molecule has 1 saturated heterocycles. The molecule has 1 heterocycles. The summed E-state index contributed by atoms with van der Waals surface area (Å²) in [5.74, 6) is -1.62. The Bertz CT molecular complexity index is 1030. The van der Waals surface area contributed by atoms with Gasteiger partial charge in [0.1, 0.15) is 0 Å². The average Bonchev–Trinajstić information content (AvgIpc) is 3.42. The van der Waals surface area contributed by atoms with Gasteiger partial charge in [-0.25, -0.2) is 5.01 Å². The molecule has 0 spiro atoms. The Hall–Kier alpha value is -2.63. The molecule has 7 heteroatoms. The van der Waals surface area contributed by atoms with Crippen molar-refractivity contribution in [2.24, 2.45) is 23.7 Å². The number of hydrogen-bond acceptors (Lipinski definition) is 3. The predicted octanol–water partition coefficient (Wildman–Crippen LogP) is 4.36. The highest BCUT2D eigenvalue weighted by atomic mass is 35.5. The van der Waals surface area contributed by atoms with Crippen LogP contribution in [0.15, 0.2) is 60.7 Å². The van der Waals surface area contributed by atoms with E-state index in [1.165, 1.54) is 5.01 Å². The molecular formula is C23H18Cl2N2O3. The van der Waals surface area contributed by atoms with Crippen LogP contribution in [-0.2, 0) is 16.1 Å². The van der Waals surface area contributed by atoms with Crippen LogP contribution in [0, 0.1) is 23.7 Å². The van der Waals surface area contributed by atoms with E-state index in [-0.39, 0.29) is 42.0 Å². The topological polar surface area (TPSA) is 57.7 Å². The molecule has 0 radical (unpaired) electrons. The third kappa shape index (κ3) is 3.04. The molecule has 1 aliphatic heterocycles. The largest absolute Gasteiger partial charge is 0.273 e. The Morgan fingerprint density at radius 2 is 1.37 bits per heavy atom. The van der Waals surface area contributed by atoms with Gasteiger partial charge >= 0.3 is 0 Å². The van der Waals surface area contributed by atoms with Gasteiger partial charge in [-0.05, 0) is 60.2 Å². The Morgan fingerprint density at radius 1 is 0.867 bits per heavy atom. The van der Waals surface area contributed by atoms with Crippen LogP contribution in [-0.4, -0.2) is 27.7 Å². The number of nitrogens with zero attached hydrogens (tertiary/aromatic N) is 2. The number of carbonyl (C=O) groups is 3. The fourth-order valence-electron chi connectivity index (χ4n) is 4.86. The standard InChI is InChI=1S/C23H18Cl2N2O3/c24-17-7-1-13(2-8-17)12-26(21(28)14-5-9-18(25)10-6-14)27-22(29)19-15-3-4-16(11-15)20(19)23(27)30/h1-10,15-16,19-20H,11-12H2/t15-,16-,19-,20-/m0/s1. The zero-order valence-corrected chi connectivity index (χ0v) is 17.4. The van der Waals surface area contributed by atoms with Crippen molar-refractivity contribution in [2.45, 2.75) is 13.0 Å². The fourth-order valence-corrected chi connectivity index (χ4v) is 5.11. The summed E-state index contributed by atoms with van der Waals surface area (Å²) in [6.07, 6.45) is 4.90. The van der Waals surface area contributed by atoms with Crippen LogP contribution in [0.2, 0.25) is 10.0 Å². The van der Waals surface area contributed by atoms with Crippen molar-refractivity contribution in [1.29, 1.82) is 0 Å². The lowest BCUT2D eigenvalue weighted by atomic mass is 9.85. The fraction of sp³-hybridized carbons (Fsp3) is 0.261. The van der Waals surface area contributed by atoms with Gasteiger partial charge in [-0.2, -0.15) is 5.01 Å². The smallest absolute Gasteiger partial charge is 0.272 e. The number of imide groups is 1. The molecule has 152 valence electrons. The Kier molecular flexibility index (Phi) is 4.68. The van der Waals surface area contributed by atoms with Crippen molar-refractivity contribution in [3.8, 4) is 0 Å². The highest BCUT2D eigenvalue weighted by Crippen LogP contribution is 2.52. The number of amides is 3. The molecule has 2 fully saturated rings. The van der Waals surface area contributed by atoms with Crippen LogP contribution in [0.25, 0.3) is 0 Å². The van der Waals surface area contributed by atoms with Crippen LogP contribution < -0.4 is 0 Å². The zero-order chi connectivity index (χ0) is 21.0. The molecular weight excluding hydrogens is 423 g/mol. The zero-order valence-electron chi connectivity index (χ0n) is 15.9. The second kappa shape index (κ2) is 7.25. The predicted molar refractivity (Wildman–Crippen MR) is 112 cm³/mol. The Morgan fingerprint density at radius 3 is 1.90 bits per heavy atom. The highest BCUT2D eigenvalue weighted by molar-refractivity contribution is 6.30. The molecule has 30 heavy (non-hydrogen) atoms. The van der Waals surface area contributed by atoms with E-state index in [2.05, 4.69) is 0 Å². The summed E-state index contributed by atoms with van der Waals surface area (Å²) >= 11 is 11.9. The molecule has 2 aromatic carbocycles. The van der Waals surface area contributed by atoms with Crippen LogP contribution in [0.3, 0.4) is 0 Å². The van der Waals surface area contributed by atoms with E-state index in [1.54, 1.807) is 48.5 Å². The molecule has 0 aromatic heterocycles. The molecule has 0 unspecified atom stereocenters. The second-order valence-corrected chi connectivity index (χ2v) is 8.86. The van der Waals surface area contributed by atoms with E-state index < -0.39 is 5.91 Å². The third-order valence-corrected chi connectivity index (χ3v) is 6.76. The SMILES string of the molecule is O=C(c1ccc(Cl)cc1)N(Cc1ccc(Cl)cc1)N1C(=O)[C@@H]2[C@@H](C1=O)[C@H]1C=C[C@H]2C1. The maximum Gasteiger partial charge on any atom is 0.273 e.